The van der Waals surface area contributed by atoms with Crippen LogP contribution < -0.4 is 10.5 Å². The first-order valence-corrected chi connectivity index (χ1v) is 6.46. The van der Waals surface area contributed by atoms with Crippen LogP contribution in [0.3, 0.4) is 0 Å². The largest absolute Gasteiger partial charge is 0.356 e. The maximum Gasteiger partial charge on any atom is 0.220 e. The molecule has 0 aliphatic heterocycles. The molecule has 1 amide bonds. The van der Waals surface area contributed by atoms with Crippen molar-refractivity contribution < 1.29 is 13.2 Å². The Bertz CT molecular complexity index is 296. The van der Waals surface area contributed by atoms with Gasteiger partial charge < -0.3 is 5.32 Å². The van der Waals surface area contributed by atoms with E-state index < -0.39 is 10.0 Å². The number of rotatable bonds is 6. The average molecular weight is 220 g/mol. The van der Waals surface area contributed by atoms with E-state index in [0.29, 0.717) is 25.3 Å². The zero-order valence-electron chi connectivity index (χ0n) is 8.03. The zero-order chi connectivity index (χ0) is 10.6. The van der Waals surface area contributed by atoms with Crippen molar-refractivity contribution in [2.45, 2.75) is 25.7 Å². The molecule has 1 aliphatic rings. The number of hydrogen-bond acceptors (Lipinski definition) is 3. The third-order valence-corrected chi connectivity index (χ3v) is 2.96. The quantitative estimate of drug-likeness (QED) is 0.596. The van der Waals surface area contributed by atoms with Crippen molar-refractivity contribution in [2.75, 3.05) is 12.3 Å². The third-order valence-electron chi connectivity index (χ3n) is 2.10. The maximum atomic E-state index is 11.1. The van der Waals surface area contributed by atoms with Crippen molar-refractivity contribution in [3.8, 4) is 0 Å². The van der Waals surface area contributed by atoms with Crippen LogP contribution in [0.1, 0.15) is 25.7 Å². The first-order valence-electron chi connectivity index (χ1n) is 4.74. The smallest absolute Gasteiger partial charge is 0.220 e. The summed E-state index contributed by atoms with van der Waals surface area (Å²) in [4.78, 5) is 11.1. The molecular formula is C8H16N2O3S. The molecule has 1 saturated carbocycles. The molecule has 0 radical (unpaired) electrons. The van der Waals surface area contributed by atoms with E-state index in [0.717, 1.165) is 12.8 Å². The number of nitrogens with one attached hydrogen (secondary N) is 1. The number of sulfonamides is 1. The van der Waals surface area contributed by atoms with Gasteiger partial charge in [0.25, 0.3) is 0 Å². The molecule has 1 aliphatic carbocycles. The van der Waals surface area contributed by atoms with Gasteiger partial charge in [0, 0.05) is 13.0 Å². The summed E-state index contributed by atoms with van der Waals surface area (Å²) in [6.07, 6.45) is 3.25. The molecule has 0 spiro atoms. The van der Waals surface area contributed by atoms with Crippen LogP contribution in [-0.2, 0) is 14.8 Å². The second-order valence-corrected chi connectivity index (χ2v) is 5.45. The summed E-state index contributed by atoms with van der Waals surface area (Å²) in [5.41, 5.74) is 0. The number of amides is 1. The molecule has 0 aromatic heterocycles. The molecule has 0 saturated heterocycles. The van der Waals surface area contributed by atoms with E-state index >= 15 is 0 Å². The molecule has 0 atom stereocenters. The van der Waals surface area contributed by atoms with Crippen LogP contribution in [0.5, 0.6) is 0 Å². The minimum atomic E-state index is -3.38. The standard InChI is InChI=1S/C8H16N2O3S/c9-14(12,13)5-1-4-10-8(11)6-7-2-3-7/h7H,1-6H2,(H,10,11)(H2,9,12,13). The van der Waals surface area contributed by atoms with Gasteiger partial charge in [0.1, 0.15) is 0 Å². The van der Waals surface area contributed by atoms with Gasteiger partial charge in [-0.25, -0.2) is 13.6 Å². The summed E-state index contributed by atoms with van der Waals surface area (Å²) in [7, 11) is -3.38. The molecule has 1 fully saturated rings. The van der Waals surface area contributed by atoms with Crippen LogP contribution in [-0.4, -0.2) is 26.6 Å². The van der Waals surface area contributed by atoms with E-state index in [1.807, 2.05) is 0 Å². The minimum Gasteiger partial charge on any atom is -0.356 e. The fourth-order valence-electron chi connectivity index (χ4n) is 1.16. The predicted octanol–water partition coefficient (Wildman–Crippen LogP) is -0.419. The fourth-order valence-corrected chi connectivity index (χ4v) is 1.70. The summed E-state index contributed by atoms with van der Waals surface area (Å²) in [6, 6.07) is 0. The van der Waals surface area contributed by atoms with Crippen LogP contribution in [0, 0.1) is 5.92 Å². The van der Waals surface area contributed by atoms with Crippen molar-refractivity contribution in [1.82, 2.24) is 5.32 Å². The highest BCUT2D eigenvalue weighted by molar-refractivity contribution is 7.89. The average Bonchev–Trinajstić information content (AvgIpc) is 2.80. The molecule has 0 bridgehead atoms. The molecule has 82 valence electrons. The van der Waals surface area contributed by atoms with Gasteiger partial charge in [-0.2, -0.15) is 0 Å². The lowest BCUT2D eigenvalue weighted by Crippen LogP contribution is -2.27. The van der Waals surface area contributed by atoms with E-state index in [1.54, 1.807) is 0 Å². The van der Waals surface area contributed by atoms with E-state index in [-0.39, 0.29) is 11.7 Å². The van der Waals surface area contributed by atoms with Gasteiger partial charge in [-0.3, -0.25) is 4.79 Å². The topological polar surface area (TPSA) is 89.3 Å². The highest BCUT2D eigenvalue weighted by Crippen LogP contribution is 2.31. The molecule has 0 unspecified atom stereocenters. The lowest BCUT2D eigenvalue weighted by Gasteiger charge is -2.03. The molecule has 3 N–H and O–H groups in total. The monoisotopic (exact) mass is 220 g/mol. The molecule has 0 aromatic rings. The van der Waals surface area contributed by atoms with E-state index in [2.05, 4.69) is 5.32 Å². The molecule has 0 heterocycles. The summed E-state index contributed by atoms with van der Waals surface area (Å²) in [6.45, 7) is 0.391. The van der Waals surface area contributed by atoms with Crippen LogP contribution in [0.15, 0.2) is 0 Å². The molecule has 14 heavy (non-hydrogen) atoms. The van der Waals surface area contributed by atoms with Crippen molar-refractivity contribution in [3.05, 3.63) is 0 Å². The van der Waals surface area contributed by atoms with Crippen LogP contribution in [0.25, 0.3) is 0 Å². The maximum absolute atomic E-state index is 11.1. The number of nitrogens with two attached hydrogens (primary N) is 1. The van der Waals surface area contributed by atoms with Crippen molar-refractivity contribution in [2.24, 2.45) is 11.1 Å². The van der Waals surface area contributed by atoms with Crippen molar-refractivity contribution in [3.63, 3.8) is 0 Å². The van der Waals surface area contributed by atoms with E-state index in [4.69, 9.17) is 5.14 Å². The molecule has 1 rings (SSSR count). The predicted molar refractivity (Wildman–Crippen MR) is 52.9 cm³/mol. The van der Waals surface area contributed by atoms with Crippen molar-refractivity contribution in [1.29, 1.82) is 0 Å². The summed E-state index contributed by atoms with van der Waals surface area (Å²) < 4.78 is 21.1. The Morgan fingerprint density at radius 3 is 2.57 bits per heavy atom. The summed E-state index contributed by atoms with van der Waals surface area (Å²) >= 11 is 0. The molecule has 0 aromatic carbocycles. The third kappa shape index (κ3) is 5.93. The molecular weight excluding hydrogens is 204 g/mol. The van der Waals surface area contributed by atoms with Crippen LogP contribution in [0.2, 0.25) is 0 Å². The first kappa shape index (κ1) is 11.5. The summed E-state index contributed by atoms with van der Waals surface area (Å²) in [5, 5.41) is 7.47. The lowest BCUT2D eigenvalue weighted by atomic mass is 10.3. The van der Waals surface area contributed by atoms with Gasteiger partial charge in [0.15, 0.2) is 0 Å². The summed E-state index contributed by atoms with van der Waals surface area (Å²) in [5.74, 6) is 0.506. The molecule has 5 nitrogen and oxygen atoms in total. The zero-order valence-corrected chi connectivity index (χ0v) is 8.85. The van der Waals surface area contributed by atoms with Crippen LogP contribution >= 0.6 is 0 Å². The van der Waals surface area contributed by atoms with E-state index in [1.165, 1.54) is 0 Å². The number of hydrogen-bond donors (Lipinski definition) is 2. The van der Waals surface area contributed by atoms with Crippen molar-refractivity contribution >= 4 is 15.9 Å². The van der Waals surface area contributed by atoms with E-state index in [9.17, 15) is 13.2 Å². The lowest BCUT2D eigenvalue weighted by molar-refractivity contribution is -0.121. The van der Waals surface area contributed by atoms with Gasteiger partial charge in [0.05, 0.1) is 5.75 Å². The first-order chi connectivity index (χ1) is 6.47. The number of carbonyl (C=O) groups excluding carboxylic acids is 1. The van der Waals surface area contributed by atoms with Gasteiger partial charge in [-0.05, 0) is 25.2 Å². The highest BCUT2D eigenvalue weighted by atomic mass is 32.2. The number of carbonyl (C=O) groups is 1. The number of primary sulfonamides is 1. The molecule has 6 heteroatoms. The fraction of sp³-hybridized carbons (Fsp3) is 0.875. The Balaban J connectivity index is 2.00. The Morgan fingerprint density at radius 1 is 1.43 bits per heavy atom. The Kier molecular flexibility index (Phi) is 3.88. The Hall–Kier alpha value is -0.620. The highest BCUT2D eigenvalue weighted by Gasteiger charge is 2.23. The second kappa shape index (κ2) is 4.75. The normalized spacial score (nSPS) is 16.6. The SMILES string of the molecule is NS(=O)(=O)CCCNC(=O)CC1CC1. The van der Waals surface area contributed by atoms with Gasteiger partial charge >= 0.3 is 0 Å². The minimum absolute atomic E-state index is 0.0157. The van der Waals surface area contributed by atoms with Gasteiger partial charge in [0.2, 0.25) is 15.9 Å². The van der Waals surface area contributed by atoms with Gasteiger partial charge in [-0.15, -0.1) is 0 Å². The Labute approximate surface area is 84.1 Å². The van der Waals surface area contributed by atoms with Gasteiger partial charge in [-0.1, -0.05) is 0 Å². The van der Waals surface area contributed by atoms with Crippen LogP contribution in [0.4, 0.5) is 0 Å². The second-order valence-electron chi connectivity index (χ2n) is 3.72. The Morgan fingerprint density at radius 2 is 2.07 bits per heavy atom.